The zero-order valence-corrected chi connectivity index (χ0v) is 19.4. The smallest absolute Gasteiger partial charge is 0.222 e. The minimum absolute atomic E-state index is 0.192. The number of rotatable bonds is 11. The first kappa shape index (κ1) is 23.3. The number of hydrogen-bond acceptors (Lipinski definition) is 5. The molecule has 7 heteroatoms. The van der Waals surface area contributed by atoms with E-state index in [2.05, 4.69) is 10.8 Å². The molecule has 0 aliphatic heterocycles. The molecule has 0 amide bonds. The van der Waals surface area contributed by atoms with Crippen LogP contribution in [0.2, 0.25) is 5.02 Å². The van der Waals surface area contributed by atoms with Crippen molar-refractivity contribution >= 4 is 11.6 Å². The van der Waals surface area contributed by atoms with Crippen LogP contribution in [-0.4, -0.2) is 51.7 Å². The zero-order chi connectivity index (χ0) is 23.2. The van der Waals surface area contributed by atoms with Crippen molar-refractivity contribution in [1.82, 2.24) is 14.7 Å². The first-order valence-corrected chi connectivity index (χ1v) is 11.4. The van der Waals surface area contributed by atoms with E-state index in [0.717, 1.165) is 29.7 Å². The number of terminal acetylenes is 1. The van der Waals surface area contributed by atoms with Crippen molar-refractivity contribution < 1.29 is 14.6 Å². The molecule has 1 heterocycles. The number of para-hydroxylation sites is 1. The number of aliphatic hydroxyl groups excluding tert-OH is 1. The van der Waals surface area contributed by atoms with E-state index in [4.69, 9.17) is 32.6 Å². The Labute approximate surface area is 199 Å². The molecule has 172 valence electrons. The predicted octanol–water partition coefficient (Wildman–Crippen LogP) is 4.51. The highest BCUT2D eigenvalue weighted by atomic mass is 35.5. The van der Waals surface area contributed by atoms with Crippen molar-refractivity contribution in [2.24, 2.45) is 7.05 Å². The van der Waals surface area contributed by atoms with E-state index >= 15 is 0 Å². The van der Waals surface area contributed by atoms with Crippen molar-refractivity contribution in [3.63, 3.8) is 0 Å². The summed E-state index contributed by atoms with van der Waals surface area (Å²) >= 11 is 6.37. The van der Waals surface area contributed by atoms with Crippen LogP contribution in [0.3, 0.4) is 0 Å². The molecular formula is C26H28ClN3O3. The number of aliphatic hydroxyl groups is 1. The van der Waals surface area contributed by atoms with E-state index < -0.39 is 6.10 Å². The number of benzene rings is 2. The first-order chi connectivity index (χ1) is 16.1. The molecule has 0 saturated heterocycles. The molecule has 0 radical (unpaired) electrons. The molecule has 1 aromatic heterocycles. The second-order valence-corrected chi connectivity index (χ2v) is 8.60. The third-order valence-corrected chi connectivity index (χ3v) is 5.86. The maximum absolute atomic E-state index is 10.5. The molecule has 1 atom stereocenters. The number of hydrogen-bond donors (Lipinski definition) is 1. The molecule has 4 rings (SSSR count). The highest BCUT2D eigenvalue weighted by Crippen LogP contribution is 2.38. The predicted molar refractivity (Wildman–Crippen MR) is 129 cm³/mol. The molecule has 1 unspecified atom stereocenters. The SMILES string of the molecule is C#CCOCC(O)CN(Cc1c(-c2ccccc2)nn(C)c1Oc1ccccc1Cl)C1CC1. The number of nitrogens with zero attached hydrogens (tertiary/aromatic N) is 3. The summed E-state index contributed by atoms with van der Waals surface area (Å²) in [5, 5.41) is 15.9. The minimum Gasteiger partial charge on any atom is -0.437 e. The molecule has 1 N–H and O–H groups in total. The van der Waals surface area contributed by atoms with Gasteiger partial charge in [0.2, 0.25) is 5.88 Å². The van der Waals surface area contributed by atoms with E-state index in [-0.39, 0.29) is 13.2 Å². The van der Waals surface area contributed by atoms with Gasteiger partial charge >= 0.3 is 0 Å². The van der Waals surface area contributed by atoms with Gasteiger partial charge in [0.25, 0.3) is 0 Å². The lowest BCUT2D eigenvalue weighted by Gasteiger charge is -2.25. The van der Waals surface area contributed by atoms with Gasteiger partial charge in [-0.1, -0.05) is 60.0 Å². The Morgan fingerprint density at radius 1 is 1.21 bits per heavy atom. The minimum atomic E-state index is -0.635. The second kappa shape index (κ2) is 10.9. The summed E-state index contributed by atoms with van der Waals surface area (Å²) in [7, 11) is 1.87. The van der Waals surface area contributed by atoms with Crippen LogP contribution in [0.4, 0.5) is 0 Å². The van der Waals surface area contributed by atoms with Crippen LogP contribution in [0.25, 0.3) is 11.3 Å². The molecule has 1 fully saturated rings. The van der Waals surface area contributed by atoms with Crippen LogP contribution in [0.5, 0.6) is 11.6 Å². The van der Waals surface area contributed by atoms with Crippen molar-refractivity contribution in [3.8, 4) is 35.2 Å². The highest BCUT2D eigenvalue weighted by Gasteiger charge is 2.33. The fourth-order valence-corrected chi connectivity index (χ4v) is 4.02. The van der Waals surface area contributed by atoms with Gasteiger partial charge in [-0.2, -0.15) is 5.10 Å². The lowest BCUT2D eigenvalue weighted by atomic mass is 10.1. The largest absolute Gasteiger partial charge is 0.437 e. The van der Waals surface area contributed by atoms with Gasteiger partial charge < -0.3 is 14.6 Å². The van der Waals surface area contributed by atoms with Crippen LogP contribution < -0.4 is 4.74 Å². The van der Waals surface area contributed by atoms with Crippen molar-refractivity contribution in [1.29, 1.82) is 0 Å². The van der Waals surface area contributed by atoms with Crippen LogP contribution in [0, 0.1) is 12.3 Å². The summed E-state index contributed by atoms with van der Waals surface area (Å²) in [5.74, 6) is 3.63. The van der Waals surface area contributed by atoms with Gasteiger partial charge in [0, 0.05) is 31.7 Å². The maximum Gasteiger partial charge on any atom is 0.222 e. The van der Waals surface area contributed by atoms with Gasteiger partial charge in [-0.15, -0.1) is 6.42 Å². The van der Waals surface area contributed by atoms with Crippen molar-refractivity contribution in [3.05, 3.63) is 65.2 Å². The van der Waals surface area contributed by atoms with Gasteiger partial charge in [-0.05, 0) is 25.0 Å². The Morgan fingerprint density at radius 3 is 2.64 bits per heavy atom. The molecule has 0 bridgehead atoms. The molecule has 1 aliphatic carbocycles. The molecular weight excluding hydrogens is 438 g/mol. The lowest BCUT2D eigenvalue weighted by Crippen LogP contribution is -2.36. The molecule has 3 aromatic rings. The van der Waals surface area contributed by atoms with Gasteiger partial charge in [0.05, 0.1) is 23.3 Å². The summed E-state index contributed by atoms with van der Waals surface area (Å²) in [4.78, 5) is 2.27. The lowest BCUT2D eigenvalue weighted by molar-refractivity contribution is 0.0241. The standard InChI is InChI=1S/C26H28ClN3O3/c1-3-15-32-18-21(31)16-30(20-13-14-20)17-22-25(19-9-5-4-6-10-19)28-29(2)26(22)33-24-12-8-7-11-23(24)27/h1,4-12,20-21,31H,13-18H2,2H3. The number of aryl methyl sites for hydroxylation is 1. The average Bonchev–Trinajstić information content (AvgIpc) is 3.62. The van der Waals surface area contributed by atoms with Crippen LogP contribution in [0.15, 0.2) is 54.6 Å². The van der Waals surface area contributed by atoms with Crippen LogP contribution >= 0.6 is 11.6 Å². The fraction of sp³-hybridized carbons (Fsp3) is 0.346. The molecule has 33 heavy (non-hydrogen) atoms. The van der Waals surface area contributed by atoms with Gasteiger partial charge in [-0.25, -0.2) is 4.68 Å². The summed E-state index contributed by atoms with van der Waals surface area (Å²) in [6, 6.07) is 17.8. The molecule has 1 saturated carbocycles. The second-order valence-electron chi connectivity index (χ2n) is 8.19. The van der Waals surface area contributed by atoms with Crippen LogP contribution in [0.1, 0.15) is 18.4 Å². The zero-order valence-electron chi connectivity index (χ0n) is 18.7. The highest BCUT2D eigenvalue weighted by molar-refractivity contribution is 6.32. The van der Waals surface area contributed by atoms with Gasteiger partial charge in [-0.3, -0.25) is 4.90 Å². The monoisotopic (exact) mass is 465 g/mol. The fourth-order valence-electron chi connectivity index (χ4n) is 3.84. The van der Waals surface area contributed by atoms with E-state index in [1.54, 1.807) is 10.7 Å². The Bertz CT molecular complexity index is 1110. The third kappa shape index (κ3) is 5.95. The quantitative estimate of drug-likeness (QED) is 0.333. The topological polar surface area (TPSA) is 59.8 Å². The molecule has 1 aliphatic rings. The molecule has 0 spiro atoms. The third-order valence-electron chi connectivity index (χ3n) is 5.54. The Morgan fingerprint density at radius 2 is 1.94 bits per heavy atom. The number of halogens is 1. The van der Waals surface area contributed by atoms with E-state index in [0.29, 0.717) is 35.8 Å². The van der Waals surface area contributed by atoms with E-state index in [1.807, 2.05) is 55.6 Å². The summed E-state index contributed by atoms with van der Waals surface area (Å²) < 4.78 is 13.4. The normalized spacial score (nSPS) is 14.3. The molecule has 2 aromatic carbocycles. The number of ether oxygens (including phenoxy) is 2. The maximum atomic E-state index is 10.5. The Hall–Kier alpha value is -2.82. The van der Waals surface area contributed by atoms with Crippen molar-refractivity contribution in [2.75, 3.05) is 19.8 Å². The summed E-state index contributed by atoms with van der Waals surface area (Å²) in [5.41, 5.74) is 2.81. The summed E-state index contributed by atoms with van der Waals surface area (Å²) in [6.45, 7) is 1.45. The molecule has 6 nitrogen and oxygen atoms in total. The van der Waals surface area contributed by atoms with Crippen molar-refractivity contribution in [2.45, 2.75) is 31.5 Å². The average molecular weight is 466 g/mol. The number of aromatic nitrogens is 2. The summed E-state index contributed by atoms with van der Waals surface area (Å²) in [6.07, 6.45) is 6.80. The Kier molecular flexibility index (Phi) is 7.69. The van der Waals surface area contributed by atoms with Gasteiger partial charge in [0.1, 0.15) is 18.1 Å². The first-order valence-electron chi connectivity index (χ1n) is 11.0. The van der Waals surface area contributed by atoms with Gasteiger partial charge in [0.15, 0.2) is 0 Å². The van der Waals surface area contributed by atoms with E-state index in [9.17, 15) is 5.11 Å². The van der Waals surface area contributed by atoms with Crippen LogP contribution in [-0.2, 0) is 18.3 Å². The van der Waals surface area contributed by atoms with E-state index in [1.165, 1.54) is 0 Å². The Balaban J connectivity index is 1.65.